The fraction of sp³-hybridized carbons (Fsp3) is 0.500. The van der Waals surface area contributed by atoms with Crippen molar-refractivity contribution >= 4 is 16.9 Å². The highest BCUT2D eigenvalue weighted by molar-refractivity contribution is 5.86. The maximum atomic E-state index is 10.5. The van der Waals surface area contributed by atoms with E-state index in [1.165, 1.54) is 0 Å². The van der Waals surface area contributed by atoms with Gasteiger partial charge in [0.05, 0.1) is 6.61 Å². The Labute approximate surface area is 64.7 Å². The molecule has 0 atom stereocenters. The molecule has 0 bridgehead atoms. The van der Waals surface area contributed by atoms with Crippen LogP contribution in [0.5, 0.6) is 0 Å². The first-order chi connectivity index (χ1) is 4.18. The number of carbonyl (C=O) groups is 1. The minimum Gasteiger partial charge on any atom is -0.460 e. The van der Waals surface area contributed by atoms with Crippen LogP contribution in [0.25, 0.3) is 0 Å². The van der Waals surface area contributed by atoms with Crippen LogP contribution in [-0.2, 0) is 9.53 Å². The average molecular weight is 162 g/mol. The third kappa shape index (κ3) is 5.52. The van der Waals surface area contributed by atoms with Gasteiger partial charge in [-0.1, -0.05) is 6.58 Å². The van der Waals surface area contributed by atoms with Crippen molar-refractivity contribution in [3.05, 3.63) is 12.2 Å². The third-order valence-electron chi connectivity index (χ3n) is 0.673. The van der Waals surface area contributed by atoms with Gasteiger partial charge in [-0.05, 0) is 17.9 Å². The summed E-state index contributed by atoms with van der Waals surface area (Å²) in [7, 11) is 0. The molecule has 10 heavy (non-hydrogen) atoms. The highest BCUT2D eigenvalue weighted by atomic mass is 28.1. The van der Waals surface area contributed by atoms with Crippen LogP contribution < -0.4 is 0 Å². The van der Waals surface area contributed by atoms with Gasteiger partial charge in [-0.25, -0.2) is 4.79 Å². The minimum atomic E-state index is -0.455. The third-order valence-corrected chi connectivity index (χ3v) is 0.673. The second-order valence-corrected chi connectivity index (χ2v) is 1.64. The van der Waals surface area contributed by atoms with Crippen molar-refractivity contribution in [3.63, 3.8) is 0 Å². The monoisotopic (exact) mass is 162 g/mol. The molecule has 0 aromatic heterocycles. The van der Waals surface area contributed by atoms with Gasteiger partial charge in [0.2, 0.25) is 0 Å². The summed E-state index contributed by atoms with van der Waals surface area (Å²) in [5.41, 5.74) is 0.350. The van der Waals surface area contributed by atoms with Gasteiger partial charge in [-0.15, -0.1) is 0 Å². The van der Waals surface area contributed by atoms with E-state index < -0.39 is 5.97 Å². The van der Waals surface area contributed by atoms with Crippen molar-refractivity contribution in [1.29, 1.82) is 0 Å². The Hall–Kier alpha value is -0.613. The van der Waals surface area contributed by atoms with E-state index in [1.807, 2.05) is 0 Å². The van der Waals surface area contributed by atoms with Crippen LogP contribution >= 0.6 is 0 Å². The minimum absolute atomic E-state index is 0. The highest BCUT2D eigenvalue weighted by Gasteiger charge is 1.99. The quantitative estimate of drug-likeness (QED) is 0.317. The first-order valence-electron chi connectivity index (χ1n) is 2.62. The molecule has 0 aromatic carbocycles. The molecule has 0 amide bonds. The topological polar surface area (TPSA) is 46.5 Å². The Morgan fingerprint density at radius 3 is 2.50 bits per heavy atom. The molecule has 0 fully saturated rings. The molecular weight excluding hydrogens is 148 g/mol. The molecule has 0 rings (SSSR count). The molecule has 4 heteroatoms. The summed E-state index contributed by atoms with van der Waals surface area (Å²) in [6.45, 7) is 4.81. The standard InChI is InChI=1S/C6H10O3.H4Si/c1-5(2)6(8)9-4-3-7;/h7H,1,3-4H2,2H3;1H4. The van der Waals surface area contributed by atoms with E-state index in [2.05, 4.69) is 11.3 Å². The lowest BCUT2D eigenvalue weighted by atomic mass is 10.4. The van der Waals surface area contributed by atoms with Gasteiger partial charge in [0, 0.05) is 5.57 Å². The van der Waals surface area contributed by atoms with Crippen molar-refractivity contribution in [2.45, 2.75) is 6.92 Å². The molecular formula is C6H14O3Si. The maximum absolute atomic E-state index is 10.5. The van der Waals surface area contributed by atoms with Crippen LogP contribution in [0.3, 0.4) is 0 Å². The first kappa shape index (κ1) is 12.1. The normalized spacial score (nSPS) is 7.80. The molecule has 0 spiro atoms. The lowest BCUT2D eigenvalue weighted by Crippen LogP contribution is -2.08. The summed E-state index contributed by atoms with van der Waals surface area (Å²) in [5, 5.41) is 8.19. The SMILES string of the molecule is C=C(C)C(=O)OCCO.[SiH4]. The van der Waals surface area contributed by atoms with Gasteiger partial charge in [-0.2, -0.15) is 0 Å². The van der Waals surface area contributed by atoms with E-state index in [4.69, 9.17) is 5.11 Å². The molecule has 60 valence electrons. The zero-order chi connectivity index (χ0) is 7.28. The van der Waals surface area contributed by atoms with Crippen molar-refractivity contribution in [1.82, 2.24) is 0 Å². The Kier molecular flexibility index (Phi) is 7.87. The lowest BCUT2D eigenvalue weighted by Gasteiger charge is -1.99. The Bertz CT molecular complexity index is 122. The molecule has 0 aliphatic carbocycles. The van der Waals surface area contributed by atoms with Gasteiger partial charge >= 0.3 is 5.97 Å². The summed E-state index contributed by atoms with van der Waals surface area (Å²) in [4.78, 5) is 10.5. The zero-order valence-electron chi connectivity index (χ0n) is 5.39. The summed E-state index contributed by atoms with van der Waals surface area (Å²) in [5.74, 6) is -0.455. The van der Waals surface area contributed by atoms with Crippen LogP contribution in [0.1, 0.15) is 6.92 Å². The predicted molar refractivity (Wildman–Crippen MR) is 44.2 cm³/mol. The average Bonchev–Trinajstić information content (AvgIpc) is 1.82. The first-order valence-corrected chi connectivity index (χ1v) is 2.62. The number of aliphatic hydroxyl groups is 1. The van der Waals surface area contributed by atoms with Gasteiger partial charge < -0.3 is 9.84 Å². The van der Waals surface area contributed by atoms with E-state index in [0.717, 1.165) is 0 Å². The van der Waals surface area contributed by atoms with Gasteiger partial charge in [0.1, 0.15) is 6.61 Å². The zero-order valence-corrected chi connectivity index (χ0v) is 5.39. The van der Waals surface area contributed by atoms with E-state index in [9.17, 15) is 4.79 Å². The molecule has 1 N–H and O–H groups in total. The lowest BCUT2D eigenvalue weighted by molar-refractivity contribution is -0.139. The van der Waals surface area contributed by atoms with Crippen molar-refractivity contribution in [3.8, 4) is 0 Å². The molecule has 0 aliphatic rings. The predicted octanol–water partition coefficient (Wildman–Crippen LogP) is -1.35. The molecule has 0 saturated heterocycles. The smallest absolute Gasteiger partial charge is 0.333 e. The van der Waals surface area contributed by atoms with Crippen molar-refractivity contribution < 1.29 is 14.6 Å². The Morgan fingerprint density at radius 2 is 2.20 bits per heavy atom. The largest absolute Gasteiger partial charge is 0.460 e. The highest BCUT2D eigenvalue weighted by Crippen LogP contribution is 1.89. The van der Waals surface area contributed by atoms with E-state index >= 15 is 0 Å². The molecule has 0 aromatic rings. The second kappa shape index (κ2) is 6.51. The Balaban J connectivity index is 0. The summed E-state index contributed by atoms with van der Waals surface area (Å²) < 4.78 is 4.46. The summed E-state index contributed by atoms with van der Waals surface area (Å²) in [6, 6.07) is 0. The second-order valence-electron chi connectivity index (χ2n) is 1.64. The molecule has 0 heterocycles. The number of hydrogen-bond acceptors (Lipinski definition) is 3. The molecule has 0 aliphatic heterocycles. The van der Waals surface area contributed by atoms with Crippen LogP contribution in [0.4, 0.5) is 0 Å². The number of hydrogen-bond donors (Lipinski definition) is 1. The summed E-state index contributed by atoms with van der Waals surface area (Å²) >= 11 is 0. The van der Waals surface area contributed by atoms with E-state index in [-0.39, 0.29) is 24.2 Å². The Morgan fingerprint density at radius 1 is 1.70 bits per heavy atom. The van der Waals surface area contributed by atoms with Crippen LogP contribution in [0, 0.1) is 0 Å². The van der Waals surface area contributed by atoms with Gasteiger partial charge in [0.25, 0.3) is 0 Å². The molecule has 3 nitrogen and oxygen atoms in total. The summed E-state index contributed by atoms with van der Waals surface area (Å²) in [6.07, 6.45) is 0. The van der Waals surface area contributed by atoms with Crippen LogP contribution in [-0.4, -0.2) is 35.3 Å². The van der Waals surface area contributed by atoms with Crippen LogP contribution in [0.15, 0.2) is 12.2 Å². The van der Waals surface area contributed by atoms with Crippen molar-refractivity contribution in [2.75, 3.05) is 13.2 Å². The van der Waals surface area contributed by atoms with Gasteiger partial charge in [-0.3, -0.25) is 0 Å². The molecule has 0 radical (unpaired) electrons. The van der Waals surface area contributed by atoms with Crippen molar-refractivity contribution in [2.24, 2.45) is 0 Å². The number of ether oxygens (including phenoxy) is 1. The number of rotatable bonds is 3. The molecule has 0 saturated carbocycles. The number of carbonyl (C=O) groups excluding carboxylic acids is 1. The number of esters is 1. The van der Waals surface area contributed by atoms with E-state index in [0.29, 0.717) is 5.57 Å². The number of aliphatic hydroxyl groups excluding tert-OH is 1. The van der Waals surface area contributed by atoms with Gasteiger partial charge in [0.15, 0.2) is 0 Å². The van der Waals surface area contributed by atoms with E-state index in [1.54, 1.807) is 6.92 Å². The van der Waals surface area contributed by atoms with Crippen LogP contribution in [0.2, 0.25) is 0 Å². The maximum Gasteiger partial charge on any atom is 0.333 e. The fourth-order valence-electron chi connectivity index (χ4n) is 0.262. The fourth-order valence-corrected chi connectivity index (χ4v) is 0.262. The molecule has 0 unspecified atom stereocenters.